The largest absolute Gasteiger partial charge is 0.465 e. The van der Waals surface area contributed by atoms with Gasteiger partial charge in [-0.25, -0.2) is 13.6 Å². The first-order valence-electron chi connectivity index (χ1n) is 11.1. The average molecular weight is 459 g/mol. The summed E-state index contributed by atoms with van der Waals surface area (Å²) in [6.07, 6.45) is 3.00. The fraction of sp³-hybridized carbons (Fsp3) is 0.458. The summed E-state index contributed by atoms with van der Waals surface area (Å²) >= 11 is 0. The van der Waals surface area contributed by atoms with Crippen molar-refractivity contribution in [3.8, 4) is 11.1 Å². The number of rotatable bonds is 6. The third kappa shape index (κ3) is 4.91. The van der Waals surface area contributed by atoms with Gasteiger partial charge >= 0.3 is 6.09 Å². The number of carbonyl (C=O) groups is 2. The molecule has 1 unspecified atom stereocenters. The third-order valence-corrected chi connectivity index (χ3v) is 6.52. The van der Waals surface area contributed by atoms with Crippen LogP contribution < -0.4 is 15.5 Å². The highest BCUT2D eigenvalue weighted by Crippen LogP contribution is 2.40. The molecule has 2 amide bonds. The minimum absolute atomic E-state index is 0.000705. The van der Waals surface area contributed by atoms with Crippen LogP contribution in [0.1, 0.15) is 49.2 Å². The van der Waals surface area contributed by atoms with E-state index < -0.39 is 23.3 Å². The summed E-state index contributed by atoms with van der Waals surface area (Å²) in [5, 5.41) is 14.8. The highest BCUT2D eigenvalue weighted by Gasteiger charge is 2.38. The number of nitrogens with zero attached hydrogens (tertiary/aromatic N) is 2. The Balaban J connectivity index is 1.82. The van der Waals surface area contributed by atoms with Crippen LogP contribution in [0.15, 0.2) is 24.4 Å². The van der Waals surface area contributed by atoms with E-state index in [-0.39, 0.29) is 17.5 Å². The molecule has 1 aliphatic heterocycles. The van der Waals surface area contributed by atoms with Crippen LogP contribution in [0.2, 0.25) is 0 Å². The summed E-state index contributed by atoms with van der Waals surface area (Å²) in [5.74, 6) is -1.32. The molecular weight excluding hydrogens is 430 g/mol. The van der Waals surface area contributed by atoms with E-state index in [9.17, 15) is 23.5 Å². The van der Waals surface area contributed by atoms with Gasteiger partial charge in [0.05, 0.1) is 16.8 Å². The molecule has 1 aliphatic carbocycles. The van der Waals surface area contributed by atoms with E-state index in [1.165, 1.54) is 18.3 Å². The highest BCUT2D eigenvalue weighted by atomic mass is 19.1. The molecule has 1 saturated heterocycles. The zero-order chi connectivity index (χ0) is 23.9. The summed E-state index contributed by atoms with van der Waals surface area (Å²) in [6, 6.07) is 3.23. The number of carboxylic acid groups (broad SMARTS) is 1. The van der Waals surface area contributed by atoms with E-state index in [0.717, 1.165) is 18.9 Å². The molecule has 7 nitrogen and oxygen atoms in total. The Bertz CT molecular complexity index is 1090. The van der Waals surface area contributed by atoms with Gasteiger partial charge in [0.1, 0.15) is 11.6 Å². The van der Waals surface area contributed by atoms with Gasteiger partial charge in [-0.1, -0.05) is 0 Å². The summed E-state index contributed by atoms with van der Waals surface area (Å²) in [5.41, 5.74) is 1.32. The van der Waals surface area contributed by atoms with Crippen molar-refractivity contribution in [3.63, 3.8) is 0 Å². The van der Waals surface area contributed by atoms with Crippen molar-refractivity contribution in [2.45, 2.75) is 51.6 Å². The molecule has 33 heavy (non-hydrogen) atoms. The first-order valence-corrected chi connectivity index (χ1v) is 11.1. The van der Waals surface area contributed by atoms with E-state index >= 15 is 0 Å². The number of pyridine rings is 1. The second kappa shape index (κ2) is 8.61. The van der Waals surface area contributed by atoms with Crippen molar-refractivity contribution in [2.24, 2.45) is 5.92 Å². The van der Waals surface area contributed by atoms with E-state index in [4.69, 9.17) is 0 Å². The predicted molar refractivity (Wildman–Crippen MR) is 120 cm³/mol. The molecule has 2 aliphatic rings. The molecule has 2 heterocycles. The molecular formula is C24H28F2N4O3. The van der Waals surface area contributed by atoms with Crippen LogP contribution in [0.4, 0.5) is 19.3 Å². The van der Waals surface area contributed by atoms with Gasteiger partial charge in [-0.2, -0.15) is 0 Å². The Morgan fingerprint density at radius 2 is 1.91 bits per heavy atom. The van der Waals surface area contributed by atoms with Crippen molar-refractivity contribution >= 4 is 17.7 Å². The van der Waals surface area contributed by atoms with Crippen molar-refractivity contribution < 1.29 is 23.5 Å². The summed E-state index contributed by atoms with van der Waals surface area (Å²) in [4.78, 5) is 30.9. The molecule has 1 saturated carbocycles. The van der Waals surface area contributed by atoms with Crippen LogP contribution >= 0.6 is 0 Å². The summed E-state index contributed by atoms with van der Waals surface area (Å²) in [6.45, 7) is 6.24. The van der Waals surface area contributed by atoms with E-state index in [1.54, 1.807) is 13.8 Å². The average Bonchev–Trinajstić information content (AvgIpc) is 3.49. The van der Waals surface area contributed by atoms with E-state index in [2.05, 4.69) is 15.6 Å². The number of hydrogen-bond acceptors (Lipinski definition) is 4. The lowest BCUT2D eigenvalue weighted by molar-refractivity contribution is 0.0936. The molecule has 1 aromatic carbocycles. The van der Waals surface area contributed by atoms with Crippen molar-refractivity contribution in [1.82, 2.24) is 15.6 Å². The first kappa shape index (κ1) is 22.9. The number of aromatic nitrogens is 1. The number of carbonyl (C=O) groups excluding carboxylic acids is 1. The van der Waals surface area contributed by atoms with Gasteiger partial charge in [0, 0.05) is 42.7 Å². The summed E-state index contributed by atoms with van der Waals surface area (Å²) in [7, 11) is 0. The van der Waals surface area contributed by atoms with Crippen LogP contribution in [-0.4, -0.2) is 46.8 Å². The minimum Gasteiger partial charge on any atom is -0.465 e. The zero-order valence-electron chi connectivity index (χ0n) is 18.9. The molecule has 176 valence electrons. The maximum absolute atomic E-state index is 14.1. The fourth-order valence-electron chi connectivity index (χ4n) is 4.64. The van der Waals surface area contributed by atoms with Gasteiger partial charge in [0.2, 0.25) is 0 Å². The number of aryl methyl sites for hydroxylation is 1. The predicted octanol–water partition coefficient (Wildman–Crippen LogP) is 4.10. The Morgan fingerprint density at radius 1 is 1.24 bits per heavy atom. The Labute approximate surface area is 191 Å². The van der Waals surface area contributed by atoms with E-state index in [1.807, 2.05) is 11.8 Å². The van der Waals surface area contributed by atoms with Crippen molar-refractivity contribution in [2.75, 3.05) is 18.0 Å². The van der Waals surface area contributed by atoms with Crippen LogP contribution in [0.5, 0.6) is 0 Å². The lowest BCUT2D eigenvalue weighted by Gasteiger charge is -2.29. The molecule has 0 spiro atoms. The van der Waals surface area contributed by atoms with Crippen molar-refractivity contribution in [1.29, 1.82) is 0 Å². The fourth-order valence-corrected chi connectivity index (χ4v) is 4.64. The number of anilines is 1. The molecule has 0 bridgehead atoms. The minimum atomic E-state index is -1.13. The number of nitrogens with one attached hydrogen (secondary N) is 2. The van der Waals surface area contributed by atoms with Crippen LogP contribution in [-0.2, 0) is 0 Å². The molecule has 4 rings (SSSR count). The molecule has 9 heteroatoms. The van der Waals surface area contributed by atoms with Crippen LogP contribution in [0, 0.1) is 24.5 Å². The molecule has 2 atom stereocenters. The SMILES string of the molecule is Cc1ncc(C(=O)N[C@@H](C)C2CC2)c(N2CCC(C)(NC(=O)O)C2)c1-c1cc(F)cc(F)c1. The number of amides is 2. The first-order chi connectivity index (χ1) is 15.6. The van der Waals surface area contributed by atoms with Crippen molar-refractivity contribution in [3.05, 3.63) is 47.3 Å². The second-order valence-electron chi connectivity index (χ2n) is 9.40. The third-order valence-electron chi connectivity index (χ3n) is 6.52. The van der Waals surface area contributed by atoms with Crippen LogP contribution in [0.3, 0.4) is 0 Å². The molecule has 3 N–H and O–H groups in total. The number of hydrogen-bond donors (Lipinski definition) is 3. The molecule has 2 fully saturated rings. The monoisotopic (exact) mass is 458 g/mol. The maximum atomic E-state index is 14.1. The van der Waals surface area contributed by atoms with Gasteiger partial charge in [-0.05, 0) is 63.6 Å². The number of halogens is 2. The van der Waals surface area contributed by atoms with Gasteiger partial charge in [0.15, 0.2) is 0 Å². The Morgan fingerprint density at radius 3 is 2.52 bits per heavy atom. The van der Waals surface area contributed by atoms with Gasteiger partial charge in [-0.15, -0.1) is 0 Å². The topological polar surface area (TPSA) is 94.6 Å². The zero-order valence-corrected chi connectivity index (χ0v) is 18.9. The van der Waals surface area contributed by atoms with Gasteiger partial charge in [-0.3, -0.25) is 9.78 Å². The quantitative estimate of drug-likeness (QED) is 0.606. The highest BCUT2D eigenvalue weighted by molar-refractivity contribution is 6.04. The van der Waals surface area contributed by atoms with E-state index in [0.29, 0.717) is 47.9 Å². The standard InChI is InChI=1S/C24H28F2N4O3/c1-13(15-4-5-15)28-22(31)19-11-27-14(2)20(16-8-17(25)10-18(26)9-16)21(19)30-7-6-24(3,12-30)29-23(32)33/h8-11,13,15,29H,4-7,12H2,1-3H3,(H,28,31)(H,32,33)/t13-,24?/m0/s1. The molecule has 2 aromatic rings. The Hall–Kier alpha value is -3.23. The van der Waals surface area contributed by atoms with Crippen LogP contribution in [0.25, 0.3) is 11.1 Å². The Kier molecular flexibility index (Phi) is 5.99. The summed E-state index contributed by atoms with van der Waals surface area (Å²) < 4.78 is 28.2. The lowest BCUT2D eigenvalue weighted by atomic mass is 9.97. The molecule has 0 radical (unpaired) electrons. The number of benzene rings is 1. The second-order valence-corrected chi connectivity index (χ2v) is 9.40. The van der Waals surface area contributed by atoms with Gasteiger partial charge < -0.3 is 20.6 Å². The normalized spacial score (nSPS) is 21.1. The lowest BCUT2D eigenvalue weighted by Crippen LogP contribution is -2.47. The molecule has 1 aromatic heterocycles. The van der Waals surface area contributed by atoms with Gasteiger partial charge in [0.25, 0.3) is 5.91 Å². The smallest absolute Gasteiger partial charge is 0.405 e. The maximum Gasteiger partial charge on any atom is 0.405 e.